The van der Waals surface area contributed by atoms with Crippen molar-refractivity contribution in [2.75, 3.05) is 25.5 Å². The van der Waals surface area contributed by atoms with Crippen LogP contribution in [0.15, 0.2) is 24.3 Å². The van der Waals surface area contributed by atoms with Crippen molar-refractivity contribution in [3.05, 3.63) is 29.8 Å². The summed E-state index contributed by atoms with van der Waals surface area (Å²) in [7, 11) is 1.89. The van der Waals surface area contributed by atoms with Gasteiger partial charge in [-0.15, -0.1) is 0 Å². The van der Waals surface area contributed by atoms with Gasteiger partial charge in [0, 0.05) is 39.3 Å². The molecular formula is C18H27N3O2. The first-order chi connectivity index (χ1) is 11.0. The molecule has 0 saturated carbocycles. The summed E-state index contributed by atoms with van der Waals surface area (Å²) in [5, 5.41) is 2.77. The van der Waals surface area contributed by atoms with Crippen molar-refractivity contribution in [3.8, 4) is 0 Å². The van der Waals surface area contributed by atoms with Gasteiger partial charge in [0.2, 0.25) is 11.8 Å². The lowest BCUT2D eigenvalue weighted by Gasteiger charge is -2.39. The Bertz CT molecular complexity index is 542. The zero-order valence-electron chi connectivity index (χ0n) is 14.3. The van der Waals surface area contributed by atoms with Gasteiger partial charge in [0.25, 0.3) is 0 Å². The summed E-state index contributed by atoms with van der Waals surface area (Å²) in [6.45, 7) is 6.12. The van der Waals surface area contributed by atoms with E-state index in [0.29, 0.717) is 0 Å². The van der Waals surface area contributed by atoms with Crippen molar-refractivity contribution >= 4 is 17.5 Å². The lowest BCUT2D eigenvalue weighted by atomic mass is 10.0. The largest absolute Gasteiger partial charge is 0.343 e. The van der Waals surface area contributed by atoms with Crippen molar-refractivity contribution in [2.24, 2.45) is 0 Å². The zero-order valence-corrected chi connectivity index (χ0v) is 14.3. The van der Waals surface area contributed by atoms with Gasteiger partial charge < -0.3 is 10.2 Å². The standard InChI is InChI=1S/C18H27N3O2/c1-4-5-6-17-18(23)20(3)11-12-21(17)13-15-7-9-16(10-8-15)19-14(2)22/h7-10,17H,4-6,11-13H2,1-3H3,(H,19,22). The Morgan fingerprint density at radius 3 is 2.57 bits per heavy atom. The summed E-state index contributed by atoms with van der Waals surface area (Å²) in [4.78, 5) is 27.6. The van der Waals surface area contributed by atoms with Crippen LogP contribution in [0.4, 0.5) is 5.69 Å². The van der Waals surface area contributed by atoms with Crippen LogP contribution in [0.25, 0.3) is 0 Å². The Hall–Kier alpha value is -1.88. The Kier molecular flexibility index (Phi) is 6.16. The molecule has 1 aromatic rings. The fourth-order valence-electron chi connectivity index (χ4n) is 2.98. The SMILES string of the molecule is CCCCC1C(=O)N(C)CCN1Cc1ccc(NC(C)=O)cc1. The number of unbranched alkanes of at least 4 members (excludes halogenated alkanes) is 1. The third-order valence-corrected chi connectivity index (χ3v) is 4.32. The highest BCUT2D eigenvalue weighted by molar-refractivity contribution is 5.88. The highest BCUT2D eigenvalue weighted by Crippen LogP contribution is 2.20. The van der Waals surface area contributed by atoms with E-state index in [-0.39, 0.29) is 17.9 Å². The van der Waals surface area contributed by atoms with Crippen molar-refractivity contribution in [1.82, 2.24) is 9.80 Å². The molecule has 1 atom stereocenters. The molecule has 0 aromatic heterocycles. The van der Waals surface area contributed by atoms with Crippen LogP contribution in [-0.4, -0.2) is 47.8 Å². The van der Waals surface area contributed by atoms with Crippen LogP contribution in [-0.2, 0) is 16.1 Å². The maximum atomic E-state index is 12.4. The maximum Gasteiger partial charge on any atom is 0.239 e. The third-order valence-electron chi connectivity index (χ3n) is 4.32. The van der Waals surface area contributed by atoms with Crippen molar-refractivity contribution in [1.29, 1.82) is 0 Å². The van der Waals surface area contributed by atoms with Gasteiger partial charge in [-0.2, -0.15) is 0 Å². The number of hydrogen-bond donors (Lipinski definition) is 1. The molecule has 23 heavy (non-hydrogen) atoms. The molecule has 0 aliphatic carbocycles. The van der Waals surface area contributed by atoms with Gasteiger partial charge in [0.1, 0.15) is 0 Å². The number of amides is 2. The minimum Gasteiger partial charge on any atom is -0.343 e. The lowest BCUT2D eigenvalue weighted by Crippen LogP contribution is -2.55. The lowest BCUT2D eigenvalue weighted by molar-refractivity contribution is -0.140. The second-order valence-corrected chi connectivity index (χ2v) is 6.27. The van der Waals surface area contributed by atoms with Crippen LogP contribution in [0.3, 0.4) is 0 Å². The number of likely N-dealkylation sites (N-methyl/N-ethyl adjacent to an activating group) is 1. The molecule has 1 saturated heterocycles. The molecule has 1 unspecified atom stereocenters. The number of piperazine rings is 1. The molecule has 5 heteroatoms. The van der Waals surface area contributed by atoms with E-state index in [4.69, 9.17) is 0 Å². The molecule has 1 aliphatic heterocycles. The molecule has 5 nitrogen and oxygen atoms in total. The predicted octanol–water partition coefficient (Wildman–Crippen LogP) is 2.48. The Labute approximate surface area is 138 Å². The molecule has 1 heterocycles. The summed E-state index contributed by atoms with van der Waals surface area (Å²) in [6.07, 6.45) is 3.10. The molecule has 0 spiro atoms. The van der Waals surface area contributed by atoms with E-state index in [1.165, 1.54) is 6.92 Å². The summed E-state index contributed by atoms with van der Waals surface area (Å²) in [5.41, 5.74) is 1.97. The fraction of sp³-hybridized carbons (Fsp3) is 0.556. The van der Waals surface area contributed by atoms with Crippen molar-refractivity contribution in [3.63, 3.8) is 0 Å². The summed E-state index contributed by atoms with van der Waals surface area (Å²) in [5.74, 6) is 0.168. The van der Waals surface area contributed by atoms with Gasteiger partial charge in [0.05, 0.1) is 6.04 Å². The van der Waals surface area contributed by atoms with Gasteiger partial charge in [-0.3, -0.25) is 14.5 Å². The first kappa shape index (κ1) is 17.5. The van der Waals surface area contributed by atoms with Gasteiger partial charge >= 0.3 is 0 Å². The van der Waals surface area contributed by atoms with Gasteiger partial charge in [-0.25, -0.2) is 0 Å². The van der Waals surface area contributed by atoms with E-state index in [1.54, 1.807) is 0 Å². The summed E-state index contributed by atoms with van der Waals surface area (Å²) in [6, 6.07) is 7.85. The number of hydrogen-bond acceptors (Lipinski definition) is 3. The molecule has 2 rings (SSSR count). The topological polar surface area (TPSA) is 52.7 Å². The summed E-state index contributed by atoms with van der Waals surface area (Å²) >= 11 is 0. The average molecular weight is 317 g/mol. The Balaban J connectivity index is 2.03. The number of anilines is 1. The molecule has 0 bridgehead atoms. The number of carbonyl (C=O) groups excluding carboxylic acids is 2. The average Bonchev–Trinajstić information content (AvgIpc) is 2.52. The van der Waals surface area contributed by atoms with E-state index in [2.05, 4.69) is 17.1 Å². The molecule has 1 aromatic carbocycles. The van der Waals surface area contributed by atoms with Crippen LogP contribution in [0.5, 0.6) is 0 Å². The third kappa shape index (κ3) is 4.79. The molecule has 1 aliphatic rings. The van der Waals surface area contributed by atoms with Crippen LogP contribution in [0.1, 0.15) is 38.7 Å². The van der Waals surface area contributed by atoms with Crippen molar-refractivity contribution in [2.45, 2.75) is 45.7 Å². The van der Waals surface area contributed by atoms with E-state index >= 15 is 0 Å². The molecule has 0 radical (unpaired) electrons. The smallest absolute Gasteiger partial charge is 0.239 e. The number of rotatable bonds is 6. The number of carbonyl (C=O) groups is 2. The van der Waals surface area contributed by atoms with Gasteiger partial charge in [-0.05, 0) is 24.1 Å². The number of nitrogens with one attached hydrogen (secondary N) is 1. The first-order valence-corrected chi connectivity index (χ1v) is 8.36. The second kappa shape index (κ2) is 8.11. The van der Waals surface area contributed by atoms with Gasteiger partial charge in [-0.1, -0.05) is 31.9 Å². The highest BCUT2D eigenvalue weighted by atomic mass is 16.2. The van der Waals surface area contributed by atoms with Crippen LogP contribution < -0.4 is 5.32 Å². The predicted molar refractivity (Wildman–Crippen MR) is 92.1 cm³/mol. The minimum atomic E-state index is -0.0676. The fourth-order valence-corrected chi connectivity index (χ4v) is 2.98. The monoisotopic (exact) mass is 317 g/mol. The molecule has 126 valence electrons. The number of nitrogens with zero attached hydrogens (tertiary/aromatic N) is 2. The van der Waals surface area contributed by atoms with E-state index in [9.17, 15) is 9.59 Å². The second-order valence-electron chi connectivity index (χ2n) is 6.27. The van der Waals surface area contributed by atoms with E-state index in [1.807, 2.05) is 36.2 Å². The molecular weight excluding hydrogens is 290 g/mol. The van der Waals surface area contributed by atoms with Crippen LogP contribution >= 0.6 is 0 Å². The normalized spacial score (nSPS) is 19.0. The van der Waals surface area contributed by atoms with Gasteiger partial charge in [0.15, 0.2) is 0 Å². The maximum absolute atomic E-state index is 12.4. The molecule has 1 N–H and O–H groups in total. The minimum absolute atomic E-state index is 0.0104. The van der Waals surface area contributed by atoms with E-state index in [0.717, 1.165) is 50.1 Å². The van der Waals surface area contributed by atoms with Crippen LogP contribution in [0.2, 0.25) is 0 Å². The Morgan fingerprint density at radius 1 is 1.26 bits per heavy atom. The number of benzene rings is 1. The Morgan fingerprint density at radius 2 is 1.96 bits per heavy atom. The van der Waals surface area contributed by atoms with Crippen LogP contribution in [0, 0.1) is 0 Å². The quantitative estimate of drug-likeness (QED) is 0.877. The van der Waals surface area contributed by atoms with Crippen molar-refractivity contribution < 1.29 is 9.59 Å². The summed E-state index contributed by atoms with van der Waals surface area (Å²) < 4.78 is 0. The zero-order chi connectivity index (χ0) is 16.8. The van der Waals surface area contributed by atoms with E-state index < -0.39 is 0 Å². The molecule has 2 amide bonds. The highest BCUT2D eigenvalue weighted by Gasteiger charge is 2.32. The first-order valence-electron chi connectivity index (χ1n) is 8.36. The molecule has 1 fully saturated rings.